The molecule has 21 heavy (non-hydrogen) atoms. The van der Waals surface area contributed by atoms with E-state index in [2.05, 4.69) is 17.2 Å². The maximum atomic E-state index is 12.3. The summed E-state index contributed by atoms with van der Waals surface area (Å²) in [6.07, 6.45) is 2.02. The van der Waals surface area contributed by atoms with Crippen molar-refractivity contribution in [3.63, 3.8) is 0 Å². The molecule has 0 radical (unpaired) electrons. The second-order valence-corrected chi connectivity index (χ2v) is 6.63. The van der Waals surface area contributed by atoms with Crippen LogP contribution in [0.1, 0.15) is 42.3 Å². The standard InChI is InChI=1S/C15H23N3O2S/c1-4-12-13(21-10(3)17-12)8-16-15(20)11-6-7-14(19)18(5-2)9-11/h11H,4-9H2,1-3H3,(H,16,20)/t11-/m1/s1. The van der Waals surface area contributed by atoms with Crippen LogP contribution < -0.4 is 5.32 Å². The molecule has 1 aliphatic heterocycles. The van der Waals surface area contributed by atoms with Crippen molar-refractivity contribution in [3.05, 3.63) is 15.6 Å². The molecule has 0 aromatic carbocycles. The van der Waals surface area contributed by atoms with Crippen molar-refractivity contribution in [2.45, 2.75) is 46.6 Å². The third-order valence-corrected chi connectivity index (χ3v) is 4.91. The van der Waals surface area contributed by atoms with Gasteiger partial charge in [-0.1, -0.05) is 6.92 Å². The quantitative estimate of drug-likeness (QED) is 0.903. The largest absolute Gasteiger partial charge is 0.351 e. The average molecular weight is 309 g/mol. The van der Waals surface area contributed by atoms with Gasteiger partial charge in [0.25, 0.3) is 0 Å². The fourth-order valence-corrected chi connectivity index (χ4v) is 3.64. The van der Waals surface area contributed by atoms with Crippen molar-refractivity contribution < 1.29 is 9.59 Å². The van der Waals surface area contributed by atoms with Gasteiger partial charge in [-0.3, -0.25) is 9.59 Å². The Labute approximate surface area is 129 Å². The maximum Gasteiger partial charge on any atom is 0.225 e. The van der Waals surface area contributed by atoms with Crippen LogP contribution in [0, 0.1) is 12.8 Å². The summed E-state index contributed by atoms with van der Waals surface area (Å²) in [5, 5.41) is 4.05. The number of carbonyl (C=O) groups is 2. The highest BCUT2D eigenvalue weighted by Gasteiger charge is 2.29. The lowest BCUT2D eigenvalue weighted by atomic mass is 9.96. The first-order valence-corrected chi connectivity index (χ1v) is 8.37. The van der Waals surface area contributed by atoms with E-state index in [4.69, 9.17) is 0 Å². The summed E-state index contributed by atoms with van der Waals surface area (Å²) < 4.78 is 0. The van der Waals surface area contributed by atoms with E-state index in [-0.39, 0.29) is 17.7 Å². The zero-order valence-electron chi connectivity index (χ0n) is 12.9. The highest BCUT2D eigenvalue weighted by molar-refractivity contribution is 7.11. The SMILES string of the molecule is CCc1nc(C)sc1CNC(=O)[C@@H]1CCC(=O)N(CC)C1. The van der Waals surface area contributed by atoms with Crippen molar-refractivity contribution in [1.82, 2.24) is 15.2 Å². The van der Waals surface area contributed by atoms with Gasteiger partial charge >= 0.3 is 0 Å². The minimum atomic E-state index is -0.0817. The Morgan fingerprint density at radius 2 is 2.24 bits per heavy atom. The van der Waals surface area contributed by atoms with Gasteiger partial charge in [-0.25, -0.2) is 4.98 Å². The molecular formula is C15H23N3O2S. The van der Waals surface area contributed by atoms with Crippen LogP contribution in [0.15, 0.2) is 0 Å². The predicted octanol–water partition coefficient (Wildman–Crippen LogP) is 1.89. The van der Waals surface area contributed by atoms with Gasteiger partial charge in [0.05, 0.1) is 23.2 Å². The van der Waals surface area contributed by atoms with Crippen LogP contribution in [0.25, 0.3) is 0 Å². The van der Waals surface area contributed by atoms with Gasteiger partial charge < -0.3 is 10.2 Å². The highest BCUT2D eigenvalue weighted by Crippen LogP contribution is 2.20. The van der Waals surface area contributed by atoms with Crippen molar-refractivity contribution in [3.8, 4) is 0 Å². The van der Waals surface area contributed by atoms with Crippen LogP contribution in [-0.2, 0) is 22.6 Å². The summed E-state index contributed by atoms with van der Waals surface area (Å²) in [6, 6.07) is 0. The minimum absolute atomic E-state index is 0.0501. The van der Waals surface area contributed by atoms with E-state index in [0.29, 0.717) is 32.5 Å². The molecule has 1 saturated heterocycles. The lowest BCUT2D eigenvalue weighted by Crippen LogP contribution is -2.45. The number of hydrogen-bond acceptors (Lipinski definition) is 4. The summed E-state index contributed by atoms with van der Waals surface area (Å²) in [7, 11) is 0. The second-order valence-electron chi connectivity index (χ2n) is 5.34. The molecule has 2 heterocycles. The fraction of sp³-hybridized carbons (Fsp3) is 0.667. The molecule has 1 atom stereocenters. The van der Waals surface area contributed by atoms with Gasteiger partial charge in [0.2, 0.25) is 11.8 Å². The molecule has 0 saturated carbocycles. The predicted molar refractivity (Wildman–Crippen MR) is 83.1 cm³/mol. The van der Waals surface area contributed by atoms with Crippen LogP contribution in [0.2, 0.25) is 0 Å². The summed E-state index contributed by atoms with van der Waals surface area (Å²) in [5.41, 5.74) is 1.08. The van der Waals surface area contributed by atoms with Crippen LogP contribution >= 0.6 is 11.3 Å². The van der Waals surface area contributed by atoms with Crippen molar-refractivity contribution in [2.75, 3.05) is 13.1 Å². The van der Waals surface area contributed by atoms with Gasteiger partial charge in [0.1, 0.15) is 0 Å². The van der Waals surface area contributed by atoms with Crippen LogP contribution in [0.5, 0.6) is 0 Å². The first-order chi connectivity index (χ1) is 10.0. The number of hydrogen-bond donors (Lipinski definition) is 1. The van der Waals surface area contributed by atoms with Crippen LogP contribution in [0.3, 0.4) is 0 Å². The number of carbonyl (C=O) groups excluding carboxylic acids is 2. The normalized spacial score (nSPS) is 18.9. The highest BCUT2D eigenvalue weighted by atomic mass is 32.1. The van der Waals surface area contributed by atoms with E-state index in [1.165, 1.54) is 0 Å². The first kappa shape index (κ1) is 15.9. The van der Waals surface area contributed by atoms with Crippen LogP contribution in [-0.4, -0.2) is 34.8 Å². The molecule has 1 N–H and O–H groups in total. The molecule has 1 aromatic heterocycles. The monoisotopic (exact) mass is 309 g/mol. The van der Waals surface area contributed by atoms with Gasteiger partial charge in [-0.15, -0.1) is 11.3 Å². The molecule has 6 heteroatoms. The van der Waals surface area contributed by atoms with Crippen molar-refractivity contribution >= 4 is 23.2 Å². The molecule has 0 bridgehead atoms. The Morgan fingerprint density at radius 3 is 2.90 bits per heavy atom. The summed E-state index contributed by atoms with van der Waals surface area (Å²) in [5.74, 6) is 0.128. The minimum Gasteiger partial charge on any atom is -0.351 e. The topological polar surface area (TPSA) is 62.3 Å². The Kier molecular flexibility index (Phi) is 5.33. The van der Waals surface area contributed by atoms with Gasteiger partial charge in [0, 0.05) is 24.4 Å². The molecule has 1 fully saturated rings. The third kappa shape index (κ3) is 3.81. The molecule has 0 unspecified atom stereocenters. The van der Waals surface area contributed by atoms with Crippen molar-refractivity contribution in [2.24, 2.45) is 5.92 Å². The molecule has 0 spiro atoms. The van der Waals surface area contributed by atoms with E-state index in [9.17, 15) is 9.59 Å². The number of aromatic nitrogens is 1. The van der Waals surface area contributed by atoms with Crippen molar-refractivity contribution in [1.29, 1.82) is 0 Å². The van der Waals surface area contributed by atoms with E-state index >= 15 is 0 Å². The smallest absolute Gasteiger partial charge is 0.225 e. The Morgan fingerprint density at radius 1 is 1.48 bits per heavy atom. The number of aryl methyl sites for hydroxylation is 2. The molecule has 2 amide bonds. The molecule has 1 aliphatic rings. The van der Waals surface area contributed by atoms with E-state index in [1.54, 1.807) is 16.2 Å². The summed E-state index contributed by atoms with van der Waals surface area (Å²) in [4.78, 5) is 31.3. The Bertz CT molecular complexity index is 527. The van der Waals surface area contributed by atoms with Gasteiger partial charge in [-0.2, -0.15) is 0 Å². The van der Waals surface area contributed by atoms with Gasteiger partial charge in [-0.05, 0) is 26.7 Å². The number of nitrogens with one attached hydrogen (secondary N) is 1. The molecule has 116 valence electrons. The lowest BCUT2D eigenvalue weighted by Gasteiger charge is -2.30. The molecule has 0 aliphatic carbocycles. The zero-order valence-corrected chi connectivity index (χ0v) is 13.8. The molecule has 1 aromatic rings. The van der Waals surface area contributed by atoms with Crippen LogP contribution in [0.4, 0.5) is 0 Å². The number of amides is 2. The molecule has 2 rings (SSSR count). The van der Waals surface area contributed by atoms with E-state index in [0.717, 1.165) is 22.0 Å². The second kappa shape index (κ2) is 7.02. The summed E-state index contributed by atoms with van der Waals surface area (Å²) >= 11 is 1.64. The number of likely N-dealkylation sites (tertiary alicyclic amines) is 1. The Balaban J connectivity index is 1.91. The number of thiazole rings is 1. The number of rotatable bonds is 5. The van der Waals surface area contributed by atoms with E-state index in [1.807, 2.05) is 13.8 Å². The third-order valence-electron chi connectivity index (χ3n) is 3.90. The molecular weight excluding hydrogens is 286 g/mol. The number of nitrogens with zero attached hydrogens (tertiary/aromatic N) is 2. The maximum absolute atomic E-state index is 12.3. The Hall–Kier alpha value is -1.43. The first-order valence-electron chi connectivity index (χ1n) is 7.55. The summed E-state index contributed by atoms with van der Waals surface area (Å²) in [6.45, 7) is 7.78. The molecule has 5 nitrogen and oxygen atoms in total. The zero-order chi connectivity index (χ0) is 15.4. The fourth-order valence-electron chi connectivity index (χ4n) is 2.67. The number of piperidine rings is 1. The lowest BCUT2D eigenvalue weighted by molar-refractivity contribution is -0.138. The van der Waals surface area contributed by atoms with E-state index < -0.39 is 0 Å². The average Bonchev–Trinajstić information content (AvgIpc) is 2.85. The van der Waals surface area contributed by atoms with Gasteiger partial charge in [0.15, 0.2) is 0 Å².